The lowest BCUT2D eigenvalue weighted by Crippen LogP contribution is -2.38. The summed E-state index contributed by atoms with van der Waals surface area (Å²) < 4.78 is 5.58. The van der Waals surface area contributed by atoms with Crippen LogP contribution >= 0.6 is 0 Å². The lowest BCUT2D eigenvalue weighted by atomic mass is 9.80. The normalized spacial score (nSPS) is 41.6. The highest BCUT2D eigenvalue weighted by atomic mass is 16.5. The fourth-order valence-electron chi connectivity index (χ4n) is 2.85. The Kier molecular flexibility index (Phi) is 2.24. The summed E-state index contributed by atoms with van der Waals surface area (Å²) in [6.07, 6.45) is 0.852. The average molecular weight is 221 g/mol. The largest absolute Gasteiger partial charge is 0.390 e. The van der Waals surface area contributed by atoms with Crippen molar-refractivity contribution in [2.45, 2.75) is 43.7 Å². The smallest absolute Gasteiger partial charge is 0.0934 e. The van der Waals surface area contributed by atoms with Crippen molar-refractivity contribution in [1.29, 1.82) is 0 Å². The third kappa shape index (κ3) is 1.38. The molecule has 4 nitrogen and oxygen atoms in total. The molecule has 2 N–H and O–H groups in total. The fourth-order valence-corrected chi connectivity index (χ4v) is 2.85. The minimum Gasteiger partial charge on any atom is -0.390 e. The first-order valence-corrected chi connectivity index (χ1v) is 5.61. The van der Waals surface area contributed by atoms with Crippen LogP contribution in [-0.4, -0.2) is 39.6 Å². The Balaban J connectivity index is 1.95. The summed E-state index contributed by atoms with van der Waals surface area (Å²) in [6.45, 7) is 1.92. The van der Waals surface area contributed by atoms with Gasteiger partial charge in [0.15, 0.2) is 0 Å². The Labute approximate surface area is 93.9 Å². The molecule has 1 aromatic heterocycles. The molecule has 0 saturated carbocycles. The average Bonchev–Trinajstić information content (AvgIpc) is 2.74. The van der Waals surface area contributed by atoms with Gasteiger partial charge in [-0.15, -0.1) is 0 Å². The van der Waals surface area contributed by atoms with Crippen LogP contribution in [0.4, 0.5) is 0 Å². The lowest BCUT2D eigenvalue weighted by molar-refractivity contribution is 0.0443. The SMILES string of the molecule is Cc1cc(C2C(O)C3CC(O)C2O3)ccn1. The number of ether oxygens (including phenoxy) is 1. The van der Waals surface area contributed by atoms with Crippen LogP contribution in [0.25, 0.3) is 0 Å². The van der Waals surface area contributed by atoms with E-state index in [1.807, 2.05) is 19.1 Å². The summed E-state index contributed by atoms with van der Waals surface area (Å²) in [5, 5.41) is 19.9. The topological polar surface area (TPSA) is 62.6 Å². The van der Waals surface area contributed by atoms with Crippen molar-refractivity contribution in [2.75, 3.05) is 0 Å². The summed E-state index contributed by atoms with van der Waals surface area (Å²) in [6, 6.07) is 3.84. The van der Waals surface area contributed by atoms with Crippen LogP contribution in [-0.2, 0) is 4.74 Å². The Morgan fingerprint density at radius 2 is 2.25 bits per heavy atom. The Morgan fingerprint density at radius 3 is 2.94 bits per heavy atom. The summed E-state index contributed by atoms with van der Waals surface area (Å²) in [7, 11) is 0. The van der Waals surface area contributed by atoms with Crippen LogP contribution in [0, 0.1) is 6.92 Å². The van der Waals surface area contributed by atoms with E-state index in [0.29, 0.717) is 6.42 Å². The first kappa shape index (κ1) is 10.2. The van der Waals surface area contributed by atoms with Crippen LogP contribution in [0.15, 0.2) is 18.3 Å². The number of nitrogens with zero attached hydrogens (tertiary/aromatic N) is 1. The maximum Gasteiger partial charge on any atom is 0.0934 e. The van der Waals surface area contributed by atoms with E-state index in [9.17, 15) is 10.2 Å². The van der Waals surface area contributed by atoms with Gasteiger partial charge >= 0.3 is 0 Å². The molecule has 3 heterocycles. The standard InChI is InChI=1S/C12H15NO3/c1-6-4-7(2-3-13-6)10-11(15)9-5-8(14)12(10)16-9/h2-4,8-12,14-15H,5H2,1H3. The molecule has 0 radical (unpaired) electrons. The molecule has 86 valence electrons. The van der Waals surface area contributed by atoms with Gasteiger partial charge in [-0.25, -0.2) is 0 Å². The third-order valence-electron chi connectivity index (χ3n) is 3.59. The van der Waals surface area contributed by atoms with Crippen molar-refractivity contribution < 1.29 is 14.9 Å². The van der Waals surface area contributed by atoms with E-state index >= 15 is 0 Å². The van der Waals surface area contributed by atoms with E-state index in [1.54, 1.807) is 6.20 Å². The van der Waals surface area contributed by atoms with Crippen molar-refractivity contribution in [3.63, 3.8) is 0 Å². The van der Waals surface area contributed by atoms with Crippen LogP contribution in [0.2, 0.25) is 0 Å². The van der Waals surface area contributed by atoms with E-state index in [0.717, 1.165) is 11.3 Å². The molecule has 1 aromatic rings. The molecule has 2 saturated heterocycles. The van der Waals surface area contributed by atoms with Crippen molar-refractivity contribution in [1.82, 2.24) is 4.98 Å². The molecule has 2 bridgehead atoms. The summed E-state index contributed by atoms with van der Waals surface area (Å²) >= 11 is 0. The van der Waals surface area contributed by atoms with Gasteiger partial charge in [0.1, 0.15) is 0 Å². The molecule has 2 fully saturated rings. The second-order valence-corrected chi connectivity index (χ2v) is 4.69. The van der Waals surface area contributed by atoms with E-state index < -0.39 is 12.2 Å². The zero-order valence-corrected chi connectivity index (χ0v) is 9.08. The number of rotatable bonds is 1. The molecule has 2 aliphatic rings. The molecule has 4 heteroatoms. The van der Waals surface area contributed by atoms with Crippen LogP contribution in [0.3, 0.4) is 0 Å². The molecule has 0 aromatic carbocycles. The molecular formula is C12H15NO3. The summed E-state index contributed by atoms with van der Waals surface area (Å²) in [4.78, 5) is 4.13. The highest BCUT2D eigenvalue weighted by Gasteiger charge is 2.53. The van der Waals surface area contributed by atoms with Crippen LogP contribution < -0.4 is 0 Å². The molecule has 16 heavy (non-hydrogen) atoms. The highest BCUT2D eigenvalue weighted by Crippen LogP contribution is 2.44. The second-order valence-electron chi connectivity index (χ2n) is 4.69. The molecule has 5 atom stereocenters. The Hall–Kier alpha value is -0.970. The summed E-state index contributed by atoms with van der Waals surface area (Å²) in [5.74, 6) is -0.115. The van der Waals surface area contributed by atoms with Gasteiger partial charge in [-0.3, -0.25) is 4.98 Å². The van der Waals surface area contributed by atoms with Gasteiger partial charge in [0.05, 0.1) is 24.4 Å². The van der Waals surface area contributed by atoms with Crippen molar-refractivity contribution in [3.8, 4) is 0 Å². The van der Waals surface area contributed by atoms with E-state index in [-0.39, 0.29) is 18.1 Å². The van der Waals surface area contributed by atoms with Crippen molar-refractivity contribution >= 4 is 0 Å². The van der Waals surface area contributed by atoms with Gasteiger partial charge in [0.25, 0.3) is 0 Å². The number of aryl methyl sites for hydroxylation is 1. The number of aromatic nitrogens is 1. The monoisotopic (exact) mass is 221 g/mol. The number of hydrogen-bond donors (Lipinski definition) is 2. The number of pyridine rings is 1. The second kappa shape index (κ2) is 3.52. The van der Waals surface area contributed by atoms with Gasteiger partial charge < -0.3 is 14.9 Å². The van der Waals surface area contributed by atoms with Crippen LogP contribution in [0.1, 0.15) is 23.6 Å². The first-order valence-electron chi connectivity index (χ1n) is 5.61. The molecule has 2 aliphatic heterocycles. The van der Waals surface area contributed by atoms with Gasteiger partial charge in [-0.2, -0.15) is 0 Å². The van der Waals surface area contributed by atoms with Gasteiger partial charge in [-0.1, -0.05) is 0 Å². The minimum atomic E-state index is -0.504. The quantitative estimate of drug-likeness (QED) is 0.719. The maximum atomic E-state index is 10.1. The molecule has 0 spiro atoms. The van der Waals surface area contributed by atoms with Crippen LogP contribution in [0.5, 0.6) is 0 Å². The minimum absolute atomic E-state index is 0.115. The predicted octanol–water partition coefficient (Wildman–Crippen LogP) is 0.367. The predicted molar refractivity (Wildman–Crippen MR) is 57.0 cm³/mol. The highest BCUT2D eigenvalue weighted by molar-refractivity contribution is 5.27. The lowest BCUT2D eigenvalue weighted by Gasteiger charge is -2.27. The Morgan fingerprint density at radius 1 is 1.44 bits per heavy atom. The maximum absolute atomic E-state index is 10.1. The van der Waals surface area contributed by atoms with Crippen molar-refractivity contribution in [3.05, 3.63) is 29.6 Å². The third-order valence-corrected chi connectivity index (χ3v) is 3.59. The number of hydrogen-bond acceptors (Lipinski definition) is 4. The number of aliphatic hydroxyl groups excluding tert-OH is 2. The number of aliphatic hydroxyl groups is 2. The van der Waals surface area contributed by atoms with E-state index in [2.05, 4.69) is 4.98 Å². The fraction of sp³-hybridized carbons (Fsp3) is 0.583. The first-order chi connectivity index (χ1) is 7.66. The molecule has 5 unspecified atom stereocenters. The molecule has 3 rings (SSSR count). The molecule has 0 amide bonds. The van der Waals surface area contributed by atoms with Gasteiger partial charge in [0.2, 0.25) is 0 Å². The van der Waals surface area contributed by atoms with E-state index in [1.165, 1.54) is 0 Å². The van der Waals surface area contributed by atoms with Gasteiger partial charge in [0, 0.05) is 24.2 Å². The molecular weight excluding hydrogens is 206 g/mol. The van der Waals surface area contributed by atoms with E-state index in [4.69, 9.17) is 4.74 Å². The Bertz CT molecular complexity index is 409. The van der Waals surface area contributed by atoms with Gasteiger partial charge in [-0.05, 0) is 24.6 Å². The zero-order chi connectivity index (χ0) is 11.3. The molecule has 0 aliphatic carbocycles. The number of fused-ring (bicyclic) bond motifs is 2. The van der Waals surface area contributed by atoms with Crippen molar-refractivity contribution in [2.24, 2.45) is 0 Å². The zero-order valence-electron chi connectivity index (χ0n) is 9.08. The summed E-state index contributed by atoms with van der Waals surface area (Å²) in [5.41, 5.74) is 1.92.